The molecule has 8 nitrogen and oxygen atoms in total. The monoisotopic (exact) mass is 418 g/mol. The van der Waals surface area contributed by atoms with Crippen molar-refractivity contribution in [2.24, 2.45) is 0 Å². The summed E-state index contributed by atoms with van der Waals surface area (Å²) in [6, 6.07) is 10.3. The molecule has 0 atom stereocenters. The van der Waals surface area contributed by atoms with Gasteiger partial charge in [-0.05, 0) is 36.4 Å². The van der Waals surface area contributed by atoms with E-state index in [2.05, 4.69) is 21.2 Å². The van der Waals surface area contributed by atoms with Gasteiger partial charge in [0.25, 0.3) is 11.6 Å². The van der Waals surface area contributed by atoms with Crippen LogP contribution in [0, 0.1) is 10.1 Å². The molecule has 0 unspecified atom stereocenters. The van der Waals surface area contributed by atoms with Crippen LogP contribution in [-0.2, 0) is 0 Å². The second kappa shape index (κ2) is 6.96. The number of ether oxygens (including phenoxy) is 1. The van der Waals surface area contributed by atoms with Gasteiger partial charge in [-0.3, -0.25) is 14.9 Å². The van der Waals surface area contributed by atoms with Crippen LogP contribution >= 0.6 is 15.9 Å². The minimum absolute atomic E-state index is 0.0606. The summed E-state index contributed by atoms with van der Waals surface area (Å²) in [6.45, 7) is 0. The van der Waals surface area contributed by atoms with Crippen LogP contribution in [0.15, 0.2) is 56.1 Å². The second-order valence-corrected chi connectivity index (χ2v) is 6.14. The number of methoxy groups -OCH3 is 1. The topological polar surface area (TPSA) is 112 Å². The molecule has 26 heavy (non-hydrogen) atoms. The summed E-state index contributed by atoms with van der Waals surface area (Å²) in [4.78, 5) is 35.1. The molecule has 1 aromatic heterocycles. The number of anilines is 1. The molecule has 132 valence electrons. The van der Waals surface area contributed by atoms with Crippen molar-refractivity contribution in [3.05, 3.63) is 73.0 Å². The van der Waals surface area contributed by atoms with Crippen LogP contribution in [-0.4, -0.2) is 17.9 Å². The zero-order valence-electron chi connectivity index (χ0n) is 13.3. The quantitative estimate of drug-likeness (QED) is 0.392. The number of rotatable bonds is 4. The number of hydrogen-bond acceptors (Lipinski definition) is 6. The molecule has 1 N–H and O–H groups in total. The van der Waals surface area contributed by atoms with Crippen LogP contribution < -0.4 is 15.7 Å². The Bertz CT molecular complexity index is 1090. The summed E-state index contributed by atoms with van der Waals surface area (Å²) >= 11 is 3.30. The van der Waals surface area contributed by atoms with Crippen molar-refractivity contribution >= 4 is 44.2 Å². The molecular weight excluding hydrogens is 408 g/mol. The molecule has 0 radical (unpaired) electrons. The maximum atomic E-state index is 12.5. The average molecular weight is 419 g/mol. The van der Waals surface area contributed by atoms with Gasteiger partial charge in [0.15, 0.2) is 0 Å². The predicted octanol–water partition coefficient (Wildman–Crippen LogP) is 3.72. The molecule has 1 heterocycles. The first-order valence-corrected chi connectivity index (χ1v) is 8.05. The molecule has 0 fully saturated rings. The van der Waals surface area contributed by atoms with E-state index in [4.69, 9.17) is 9.15 Å². The van der Waals surface area contributed by atoms with Crippen LogP contribution in [0.4, 0.5) is 11.4 Å². The van der Waals surface area contributed by atoms with Gasteiger partial charge in [0.05, 0.1) is 18.1 Å². The predicted molar refractivity (Wildman–Crippen MR) is 97.8 cm³/mol. The average Bonchev–Trinajstić information content (AvgIpc) is 2.61. The molecule has 9 heteroatoms. The molecule has 0 aliphatic rings. The fourth-order valence-corrected chi connectivity index (χ4v) is 2.72. The minimum atomic E-state index is -0.839. The number of carbonyl (C=O) groups is 1. The third kappa shape index (κ3) is 3.42. The summed E-state index contributed by atoms with van der Waals surface area (Å²) in [5.41, 5.74) is -1.19. The minimum Gasteiger partial charge on any atom is -0.496 e. The van der Waals surface area contributed by atoms with Crippen molar-refractivity contribution in [1.82, 2.24) is 0 Å². The SMILES string of the molecule is COc1ccc(NC(=O)c2cc3cc(Br)ccc3oc2=O)c([N+](=O)[O-])c1. The number of carbonyl (C=O) groups excluding carboxylic acids is 1. The largest absolute Gasteiger partial charge is 0.496 e. The van der Waals surface area contributed by atoms with E-state index in [1.54, 1.807) is 18.2 Å². The zero-order chi connectivity index (χ0) is 18.8. The van der Waals surface area contributed by atoms with Crippen LogP contribution in [0.1, 0.15) is 10.4 Å². The van der Waals surface area contributed by atoms with E-state index >= 15 is 0 Å². The van der Waals surface area contributed by atoms with Crippen LogP contribution in [0.5, 0.6) is 5.75 Å². The van der Waals surface area contributed by atoms with E-state index in [0.717, 1.165) is 4.47 Å². The molecule has 1 amide bonds. The number of nitro groups is 1. The Kier molecular flexibility index (Phi) is 4.72. The van der Waals surface area contributed by atoms with Crippen molar-refractivity contribution < 1.29 is 18.9 Å². The van der Waals surface area contributed by atoms with E-state index in [0.29, 0.717) is 11.0 Å². The first kappa shape index (κ1) is 17.6. The highest BCUT2D eigenvalue weighted by molar-refractivity contribution is 9.10. The highest BCUT2D eigenvalue weighted by atomic mass is 79.9. The first-order chi connectivity index (χ1) is 12.4. The fraction of sp³-hybridized carbons (Fsp3) is 0.0588. The molecule has 0 saturated heterocycles. The third-order valence-electron chi connectivity index (χ3n) is 3.59. The standard InChI is InChI=1S/C17H11BrN2O6/c1-25-11-3-4-13(14(8-11)20(23)24)19-16(21)12-7-9-6-10(18)2-5-15(9)26-17(12)22/h2-8H,1H3,(H,19,21). The van der Waals surface area contributed by atoms with Gasteiger partial charge in [-0.1, -0.05) is 15.9 Å². The van der Waals surface area contributed by atoms with Crippen molar-refractivity contribution in [3.8, 4) is 5.75 Å². The fourth-order valence-electron chi connectivity index (χ4n) is 2.34. The Balaban J connectivity index is 2.01. The number of amides is 1. The normalized spacial score (nSPS) is 10.5. The molecular formula is C17H11BrN2O6. The van der Waals surface area contributed by atoms with Crippen molar-refractivity contribution in [2.75, 3.05) is 12.4 Å². The van der Waals surface area contributed by atoms with Crippen molar-refractivity contribution in [2.45, 2.75) is 0 Å². The van der Waals surface area contributed by atoms with Gasteiger partial charge in [-0.25, -0.2) is 4.79 Å². The summed E-state index contributed by atoms with van der Waals surface area (Å²) in [5.74, 6) is -0.543. The van der Waals surface area contributed by atoms with Crippen molar-refractivity contribution in [1.29, 1.82) is 0 Å². The summed E-state index contributed by atoms with van der Waals surface area (Å²) in [6.07, 6.45) is 0. The van der Waals surface area contributed by atoms with Crippen LogP contribution in [0.25, 0.3) is 11.0 Å². The van der Waals surface area contributed by atoms with Crippen LogP contribution in [0.2, 0.25) is 0 Å². The lowest BCUT2D eigenvalue weighted by Crippen LogP contribution is -2.21. The van der Waals surface area contributed by atoms with Gasteiger partial charge in [0.1, 0.15) is 22.6 Å². The van der Waals surface area contributed by atoms with Gasteiger partial charge in [-0.2, -0.15) is 0 Å². The number of halogens is 1. The Morgan fingerprint density at radius 1 is 1.23 bits per heavy atom. The van der Waals surface area contributed by atoms with E-state index in [9.17, 15) is 19.7 Å². The van der Waals surface area contributed by atoms with Crippen LogP contribution in [0.3, 0.4) is 0 Å². The lowest BCUT2D eigenvalue weighted by Gasteiger charge is -2.07. The Morgan fingerprint density at radius 2 is 2.00 bits per heavy atom. The van der Waals surface area contributed by atoms with E-state index in [-0.39, 0.29) is 22.7 Å². The van der Waals surface area contributed by atoms with Gasteiger partial charge in [0.2, 0.25) is 0 Å². The summed E-state index contributed by atoms with van der Waals surface area (Å²) in [7, 11) is 1.37. The van der Waals surface area contributed by atoms with E-state index in [1.807, 2.05) is 0 Å². The van der Waals surface area contributed by atoms with Gasteiger partial charge in [0, 0.05) is 9.86 Å². The zero-order valence-corrected chi connectivity index (χ0v) is 14.9. The highest BCUT2D eigenvalue weighted by Crippen LogP contribution is 2.29. The number of nitrogens with one attached hydrogen (secondary N) is 1. The third-order valence-corrected chi connectivity index (χ3v) is 4.08. The Morgan fingerprint density at radius 3 is 2.69 bits per heavy atom. The molecule has 0 saturated carbocycles. The van der Waals surface area contributed by atoms with E-state index in [1.165, 1.54) is 31.4 Å². The molecule has 2 aromatic carbocycles. The Labute approximate surface area is 154 Å². The number of benzene rings is 2. The smallest absolute Gasteiger partial charge is 0.349 e. The molecule has 0 spiro atoms. The number of fused-ring (bicyclic) bond motifs is 1. The summed E-state index contributed by atoms with van der Waals surface area (Å²) in [5, 5.41) is 14.1. The molecule has 0 bridgehead atoms. The molecule has 3 rings (SSSR count). The number of nitrogens with zero attached hydrogens (tertiary/aromatic N) is 1. The Hall–Kier alpha value is -3.20. The maximum absolute atomic E-state index is 12.5. The number of nitro benzene ring substituents is 1. The lowest BCUT2D eigenvalue weighted by atomic mass is 10.1. The molecule has 0 aliphatic carbocycles. The second-order valence-electron chi connectivity index (χ2n) is 5.22. The highest BCUT2D eigenvalue weighted by Gasteiger charge is 2.20. The van der Waals surface area contributed by atoms with Crippen molar-refractivity contribution in [3.63, 3.8) is 0 Å². The molecule has 3 aromatic rings. The lowest BCUT2D eigenvalue weighted by molar-refractivity contribution is -0.384. The molecule has 0 aliphatic heterocycles. The van der Waals surface area contributed by atoms with E-state index < -0.39 is 16.5 Å². The maximum Gasteiger partial charge on any atom is 0.349 e. The number of hydrogen-bond donors (Lipinski definition) is 1. The van der Waals surface area contributed by atoms with Gasteiger partial charge in [-0.15, -0.1) is 0 Å². The van der Waals surface area contributed by atoms with Gasteiger partial charge >= 0.3 is 5.63 Å². The summed E-state index contributed by atoms with van der Waals surface area (Å²) < 4.78 is 10.8. The first-order valence-electron chi connectivity index (χ1n) is 7.26. The van der Waals surface area contributed by atoms with Gasteiger partial charge < -0.3 is 14.5 Å².